The van der Waals surface area contributed by atoms with Crippen molar-refractivity contribution < 1.29 is 4.92 Å². The van der Waals surface area contributed by atoms with E-state index >= 15 is 0 Å². The van der Waals surface area contributed by atoms with Crippen molar-refractivity contribution >= 4 is 5.69 Å². The smallest absolute Gasteiger partial charge is 0.258 e. The van der Waals surface area contributed by atoms with Crippen LogP contribution in [0.25, 0.3) is 0 Å². The molecule has 0 saturated carbocycles. The molecular formula is C26H45NO2. The Kier molecular flexibility index (Phi) is 26.0. The van der Waals surface area contributed by atoms with Gasteiger partial charge in [0.15, 0.2) is 0 Å². The molecule has 3 nitrogen and oxygen atoms in total. The number of hydrogen-bond acceptors (Lipinski definition) is 2. The topological polar surface area (TPSA) is 43.1 Å². The molecule has 0 heterocycles. The molecule has 2 aromatic carbocycles. The number of rotatable bonds is 5. The van der Waals surface area contributed by atoms with Gasteiger partial charge in [-0.25, -0.2) is 0 Å². The van der Waals surface area contributed by atoms with E-state index in [2.05, 4.69) is 65.0 Å². The van der Waals surface area contributed by atoms with E-state index in [-0.39, 0.29) is 10.6 Å². The second-order valence-electron chi connectivity index (χ2n) is 6.64. The average Bonchev–Trinajstić information content (AvgIpc) is 2.73. The Bertz CT molecular complexity index is 560. The van der Waals surface area contributed by atoms with Crippen LogP contribution < -0.4 is 0 Å². The molecule has 0 radical (unpaired) electrons. The predicted molar refractivity (Wildman–Crippen MR) is 131 cm³/mol. The maximum Gasteiger partial charge on any atom is 0.269 e. The first kappa shape index (κ1) is 31.5. The van der Waals surface area contributed by atoms with Crippen molar-refractivity contribution in [1.82, 2.24) is 0 Å². The van der Waals surface area contributed by atoms with Crippen molar-refractivity contribution in [3.8, 4) is 0 Å². The van der Waals surface area contributed by atoms with Crippen molar-refractivity contribution in [1.29, 1.82) is 0 Å². The van der Waals surface area contributed by atoms with E-state index in [0.29, 0.717) is 0 Å². The van der Waals surface area contributed by atoms with Gasteiger partial charge in [0.1, 0.15) is 0 Å². The van der Waals surface area contributed by atoms with Crippen LogP contribution in [0.5, 0.6) is 0 Å². The third kappa shape index (κ3) is 22.0. The highest BCUT2D eigenvalue weighted by Gasteiger charge is 2.02. The van der Waals surface area contributed by atoms with Crippen molar-refractivity contribution in [3.63, 3.8) is 0 Å². The fraction of sp³-hybridized carbons (Fsp3) is 0.538. The lowest BCUT2D eigenvalue weighted by atomic mass is 10.1. The fourth-order valence-corrected chi connectivity index (χ4v) is 2.01. The highest BCUT2D eigenvalue weighted by molar-refractivity contribution is 5.32. The minimum atomic E-state index is -0.379. The molecule has 3 heteroatoms. The van der Waals surface area contributed by atoms with Gasteiger partial charge in [0, 0.05) is 12.1 Å². The zero-order valence-electron chi connectivity index (χ0n) is 20.4. The van der Waals surface area contributed by atoms with Crippen LogP contribution in [0, 0.1) is 16.0 Å². The Morgan fingerprint density at radius 2 is 1.07 bits per heavy atom. The standard InChI is InChI=1S/C9H11NO2.C9H12.C4H10.2C2H6/c1-2-3-8-4-6-9(7-5-8)10(11)12;1-2-6-9-7-4-3-5-8-9;1-4(2)3;2*1-2/h4-7H,2-3H2,1H3;3-5,7-8H,2,6H2,1H3;4H,1-3H3;2*1-2H3. The quantitative estimate of drug-likeness (QED) is 0.369. The summed E-state index contributed by atoms with van der Waals surface area (Å²) < 4.78 is 0. The maximum atomic E-state index is 10.3. The van der Waals surface area contributed by atoms with Gasteiger partial charge in [0.2, 0.25) is 0 Å². The Labute approximate surface area is 180 Å². The molecule has 0 fully saturated rings. The first-order chi connectivity index (χ1) is 13.9. The predicted octanol–water partition coefficient (Wildman–Crippen LogP) is 8.90. The van der Waals surface area contributed by atoms with E-state index < -0.39 is 0 Å². The molecule has 0 N–H and O–H groups in total. The lowest BCUT2D eigenvalue weighted by Gasteiger charge is -1.96. The van der Waals surface area contributed by atoms with Crippen LogP contribution in [-0.4, -0.2) is 4.92 Å². The number of nitro benzene ring substituents is 1. The Hall–Kier alpha value is -2.16. The molecule has 0 aromatic heterocycles. The van der Waals surface area contributed by atoms with Crippen LogP contribution in [0.15, 0.2) is 54.6 Å². The van der Waals surface area contributed by atoms with Gasteiger partial charge in [-0.1, -0.05) is 118 Å². The van der Waals surface area contributed by atoms with E-state index in [0.717, 1.165) is 24.3 Å². The van der Waals surface area contributed by atoms with E-state index in [1.807, 2.05) is 39.8 Å². The largest absolute Gasteiger partial charge is 0.269 e. The van der Waals surface area contributed by atoms with E-state index in [9.17, 15) is 10.1 Å². The van der Waals surface area contributed by atoms with Crippen LogP contribution in [0.4, 0.5) is 5.69 Å². The van der Waals surface area contributed by atoms with Crippen molar-refractivity contribution in [2.45, 2.75) is 88.0 Å². The number of nitrogens with zero attached hydrogens (tertiary/aromatic N) is 1. The summed E-state index contributed by atoms with van der Waals surface area (Å²) in [7, 11) is 0. The van der Waals surface area contributed by atoms with Crippen molar-refractivity contribution in [2.75, 3.05) is 0 Å². The Morgan fingerprint density at radius 3 is 1.38 bits per heavy atom. The molecule has 0 amide bonds. The highest BCUT2D eigenvalue weighted by atomic mass is 16.6. The summed E-state index contributed by atoms with van der Waals surface area (Å²) in [6, 6.07) is 17.3. The summed E-state index contributed by atoms with van der Waals surface area (Å²) in [6.45, 7) is 18.8. The minimum absolute atomic E-state index is 0.162. The summed E-state index contributed by atoms with van der Waals surface area (Å²) >= 11 is 0. The molecule has 0 bridgehead atoms. The van der Waals surface area contributed by atoms with Crippen molar-refractivity contribution in [2.24, 2.45) is 5.92 Å². The normalized spacial score (nSPS) is 8.62. The fourth-order valence-electron chi connectivity index (χ4n) is 2.01. The van der Waals surface area contributed by atoms with Crippen molar-refractivity contribution in [3.05, 3.63) is 75.8 Å². The van der Waals surface area contributed by atoms with Gasteiger partial charge >= 0.3 is 0 Å². The number of nitro groups is 1. The van der Waals surface area contributed by atoms with Gasteiger partial charge in [0.25, 0.3) is 5.69 Å². The van der Waals surface area contributed by atoms with Gasteiger partial charge in [-0.05, 0) is 29.9 Å². The Morgan fingerprint density at radius 1 is 0.724 bits per heavy atom. The number of aryl methyl sites for hydroxylation is 2. The SMILES string of the molecule is CC.CC.CC(C)C.CCCc1ccc([N+](=O)[O-])cc1.CCCc1ccccc1. The van der Waals surface area contributed by atoms with Gasteiger partial charge in [-0.15, -0.1) is 0 Å². The van der Waals surface area contributed by atoms with E-state index in [1.165, 1.54) is 18.4 Å². The summed E-state index contributed by atoms with van der Waals surface area (Å²) in [5.74, 6) is 0.833. The second kappa shape index (κ2) is 23.9. The molecule has 2 rings (SSSR count). The lowest BCUT2D eigenvalue weighted by molar-refractivity contribution is -0.384. The van der Waals surface area contributed by atoms with Crippen LogP contribution in [0.2, 0.25) is 0 Å². The van der Waals surface area contributed by atoms with Crippen LogP contribution in [0.1, 0.15) is 86.3 Å². The van der Waals surface area contributed by atoms with Crippen LogP contribution >= 0.6 is 0 Å². The molecule has 0 atom stereocenters. The summed E-state index contributed by atoms with van der Waals surface area (Å²) in [6.07, 6.45) is 4.50. The summed E-state index contributed by atoms with van der Waals surface area (Å²) in [5.41, 5.74) is 2.76. The van der Waals surface area contributed by atoms with E-state index in [4.69, 9.17) is 0 Å². The molecule has 0 spiro atoms. The molecule has 166 valence electrons. The average molecular weight is 404 g/mol. The Balaban J connectivity index is -0.000000351. The molecular weight excluding hydrogens is 358 g/mol. The first-order valence-electron chi connectivity index (χ1n) is 11.2. The second-order valence-corrected chi connectivity index (χ2v) is 6.64. The zero-order chi connectivity index (χ0) is 23.1. The third-order valence-electron chi connectivity index (χ3n) is 3.07. The molecule has 0 saturated heterocycles. The van der Waals surface area contributed by atoms with Gasteiger partial charge in [-0.2, -0.15) is 0 Å². The number of benzene rings is 2. The van der Waals surface area contributed by atoms with Crippen LogP contribution in [-0.2, 0) is 12.8 Å². The molecule has 2 aromatic rings. The monoisotopic (exact) mass is 403 g/mol. The van der Waals surface area contributed by atoms with Crippen LogP contribution in [0.3, 0.4) is 0 Å². The highest BCUT2D eigenvalue weighted by Crippen LogP contribution is 2.12. The third-order valence-corrected chi connectivity index (χ3v) is 3.07. The molecule has 29 heavy (non-hydrogen) atoms. The lowest BCUT2D eigenvalue weighted by Crippen LogP contribution is -1.88. The first-order valence-corrected chi connectivity index (χ1v) is 11.2. The summed E-state index contributed by atoms with van der Waals surface area (Å²) in [4.78, 5) is 9.90. The zero-order valence-corrected chi connectivity index (χ0v) is 20.4. The summed E-state index contributed by atoms with van der Waals surface area (Å²) in [5, 5.41) is 10.3. The maximum absolute atomic E-state index is 10.3. The van der Waals surface area contributed by atoms with Gasteiger partial charge in [0.05, 0.1) is 4.92 Å². The number of non-ortho nitro benzene ring substituents is 1. The van der Waals surface area contributed by atoms with Gasteiger partial charge in [-0.3, -0.25) is 10.1 Å². The van der Waals surface area contributed by atoms with E-state index in [1.54, 1.807) is 12.1 Å². The molecule has 0 aliphatic rings. The molecule has 0 aliphatic heterocycles. The van der Waals surface area contributed by atoms with Gasteiger partial charge < -0.3 is 0 Å². The number of hydrogen-bond donors (Lipinski definition) is 0. The minimum Gasteiger partial charge on any atom is -0.258 e. The molecule has 0 aliphatic carbocycles. The molecule has 0 unspecified atom stereocenters.